The second-order valence-electron chi connectivity index (χ2n) is 6.74. The van der Waals surface area contributed by atoms with E-state index in [9.17, 15) is 32.4 Å². The lowest BCUT2D eigenvalue weighted by Gasteiger charge is -2.25. The number of hydrogen-bond donors (Lipinski definition) is 2. The number of hydrogen-bond acceptors (Lipinski definition) is 4. The van der Waals surface area contributed by atoms with Crippen LogP contribution >= 0.6 is 23.4 Å². The number of halogens is 5. The third kappa shape index (κ3) is 5.60. The first-order valence-electron chi connectivity index (χ1n) is 9.07. The van der Waals surface area contributed by atoms with Gasteiger partial charge in [-0.05, 0) is 35.9 Å². The van der Waals surface area contributed by atoms with Crippen LogP contribution in [0.15, 0.2) is 53.1 Å². The highest BCUT2D eigenvalue weighted by Gasteiger charge is 2.33. The largest absolute Gasteiger partial charge is 0.417 e. The fraction of sp³-hybridized carbons (Fsp3) is 0.190. The number of carbonyl (C=O) groups excluding carboxylic acids is 2. The molecule has 2 N–H and O–H groups in total. The van der Waals surface area contributed by atoms with Crippen molar-refractivity contribution in [3.8, 4) is 6.07 Å². The molecule has 0 bridgehead atoms. The van der Waals surface area contributed by atoms with E-state index in [4.69, 9.17) is 11.6 Å². The predicted octanol–water partition coefficient (Wildman–Crippen LogP) is 5.21. The molecule has 3 rings (SSSR count). The van der Waals surface area contributed by atoms with E-state index in [1.807, 2.05) is 6.07 Å². The molecule has 0 saturated heterocycles. The van der Waals surface area contributed by atoms with Crippen molar-refractivity contribution >= 4 is 40.9 Å². The summed E-state index contributed by atoms with van der Waals surface area (Å²) in [5.74, 6) is -2.37. The summed E-state index contributed by atoms with van der Waals surface area (Å²) in [4.78, 5) is 24.4. The first-order chi connectivity index (χ1) is 15.1. The highest BCUT2D eigenvalue weighted by Crippen LogP contribution is 2.37. The molecule has 0 fully saturated rings. The van der Waals surface area contributed by atoms with Crippen molar-refractivity contribution in [1.82, 2.24) is 5.32 Å². The van der Waals surface area contributed by atoms with Gasteiger partial charge in [-0.15, -0.1) is 0 Å². The maximum Gasteiger partial charge on any atom is 0.417 e. The van der Waals surface area contributed by atoms with Gasteiger partial charge in [0, 0.05) is 18.0 Å². The number of rotatable bonds is 5. The lowest BCUT2D eigenvalue weighted by atomic mass is 9.87. The quantitative estimate of drug-likeness (QED) is 0.572. The first-order valence-corrected chi connectivity index (χ1v) is 10.4. The number of nitriles is 1. The SMILES string of the molecule is N#CC1=C(SCC(=O)Nc2ccc(Cl)c(C(F)(F)F)c2)NC(=O)C[C@@H]1c1ccc(F)cc1. The molecular formula is C21H14ClF4N3O2S. The highest BCUT2D eigenvalue weighted by molar-refractivity contribution is 8.03. The van der Waals surface area contributed by atoms with Gasteiger partial charge in [-0.2, -0.15) is 18.4 Å². The van der Waals surface area contributed by atoms with Gasteiger partial charge in [0.25, 0.3) is 0 Å². The summed E-state index contributed by atoms with van der Waals surface area (Å²) in [5.41, 5.74) is -0.402. The molecular weight excluding hydrogens is 470 g/mol. The number of alkyl halides is 3. The van der Waals surface area contributed by atoms with Gasteiger partial charge in [-0.3, -0.25) is 9.59 Å². The van der Waals surface area contributed by atoms with Crippen molar-refractivity contribution in [2.24, 2.45) is 0 Å². The summed E-state index contributed by atoms with van der Waals surface area (Å²) >= 11 is 6.43. The van der Waals surface area contributed by atoms with E-state index < -0.39 is 34.4 Å². The maximum absolute atomic E-state index is 13.2. The van der Waals surface area contributed by atoms with Crippen LogP contribution in [0.2, 0.25) is 5.02 Å². The molecule has 1 aliphatic heterocycles. The molecule has 0 aromatic heterocycles. The average Bonchev–Trinajstić information content (AvgIpc) is 2.73. The Morgan fingerprint density at radius 2 is 1.94 bits per heavy atom. The molecule has 0 aliphatic carbocycles. The molecule has 1 atom stereocenters. The molecule has 11 heteroatoms. The molecule has 2 amide bonds. The number of allylic oxidation sites excluding steroid dienone is 1. The number of carbonyl (C=O) groups is 2. The van der Waals surface area contributed by atoms with Crippen molar-refractivity contribution in [3.63, 3.8) is 0 Å². The van der Waals surface area contributed by atoms with Crippen LogP contribution in [-0.2, 0) is 15.8 Å². The van der Waals surface area contributed by atoms with Crippen LogP contribution in [-0.4, -0.2) is 17.6 Å². The Bertz CT molecular complexity index is 1130. The van der Waals surface area contributed by atoms with Crippen molar-refractivity contribution in [1.29, 1.82) is 5.26 Å². The molecule has 2 aromatic rings. The van der Waals surface area contributed by atoms with Crippen LogP contribution in [0.25, 0.3) is 0 Å². The van der Waals surface area contributed by atoms with Crippen molar-refractivity contribution in [2.75, 3.05) is 11.1 Å². The number of nitrogens with one attached hydrogen (secondary N) is 2. The molecule has 0 saturated carbocycles. The molecule has 32 heavy (non-hydrogen) atoms. The van der Waals surface area contributed by atoms with Gasteiger partial charge >= 0.3 is 6.18 Å². The summed E-state index contributed by atoms with van der Waals surface area (Å²) in [6.07, 6.45) is -4.70. The third-order valence-electron chi connectivity index (χ3n) is 4.53. The van der Waals surface area contributed by atoms with Crippen LogP contribution < -0.4 is 10.6 Å². The number of nitrogens with zero attached hydrogens (tertiary/aromatic N) is 1. The fourth-order valence-corrected chi connectivity index (χ4v) is 4.17. The van der Waals surface area contributed by atoms with Crippen molar-refractivity contribution in [2.45, 2.75) is 18.5 Å². The van der Waals surface area contributed by atoms with E-state index in [2.05, 4.69) is 10.6 Å². The normalized spacial score (nSPS) is 16.4. The van der Waals surface area contributed by atoms with Crippen molar-refractivity contribution < 1.29 is 27.2 Å². The number of anilines is 1. The van der Waals surface area contributed by atoms with Gasteiger partial charge in [-0.25, -0.2) is 4.39 Å². The Morgan fingerprint density at radius 1 is 1.25 bits per heavy atom. The van der Waals surface area contributed by atoms with Crippen LogP contribution in [0, 0.1) is 17.1 Å². The zero-order chi connectivity index (χ0) is 23.5. The molecule has 1 aliphatic rings. The summed E-state index contributed by atoms with van der Waals surface area (Å²) in [5, 5.41) is 14.2. The minimum atomic E-state index is -4.68. The summed E-state index contributed by atoms with van der Waals surface area (Å²) in [6.45, 7) is 0. The Balaban J connectivity index is 1.74. The third-order valence-corrected chi connectivity index (χ3v) is 5.88. The zero-order valence-corrected chi connectivity index (χ0v) is 17.7. The summed E-state index contributed by atoms with van der Waals surface area (Å²) in [6, 6.07) is 10.4. The van der Waals surface area contributed by atoms with Crippen LogP contribution in [0.1, 0.15) is 23.5 Å². The Hall–Kier alpha value is -3.03. The van der Waals surface area contributed by atoms with Gasteiger partial charge in [0.2, 0.25) is 11.8 Å². The van der Waals surface area contributed by atoms with Crippen LogP contribution in [0.3, 0.4) is 0 Å². The maximum atomic E-state index is 13.2. The van der Waals surface area contributed by atoms with E-state index in [1.54, 1.807) is 0 Å². The molecule has 166 valence electrons. The average molecular weight is 484 g/mol. The Labute approximate surface area is 189 Å². The minimum Gasteiger partial charge on any atom is -0.325 e. The highest BCUT2D eigenvalue weighted by atomic mass is 35.5. The second-order valence-corrected chi connectivity index (χ2v) is 8.13. The van der Waals surface area contributed by atoms with E-state index in [1.165, 1.54) is 30.3 Å². The standard InChI is InChI=1S/C21H14ClF4N3O2S/c22-17-6-5-13(7-16(17)21(24,25)26)28-19(31)10-32-20-15(9-27)14(8-18(30)29-20)11-1-3-12(23)4-2-11/h1-7,14H,8,10H2,(H,28,31)(H,29,30)/t14-/m1/s1. The predicted molar refractivity (Wildman–Crippen MR) is 112 cm³/mol. The van der Waals surface area contributed by atoms with Crippen LogP contribution in [0.4, 0.5) is 23.2 Å². The molecule has 0 spiro atoms. The molecule has 5 nitrogen and oxygen atoms in total. The lowest BCUT2D eigenvalue weighted by Crippen LogP contribution is -2.31. The summed E-state index contributed by atoms with van der Waals surface area (Å²) < 4.78 is 52.1. The molecule has 2 aromatic carbocycles. The Kier molecular flexibility index (Phi) is 7.11. The number of amides is 2. The zero-order valence-electron chi connectivity index (χ0n) is 16.1. The van der Waals surface area contributed by atoms with E-state index >= 15 is 0 Å². The monoisotopic (exact) mass is 483 g/mol. The van der Waals surface area contributed by atoms with Gasteiger partial charge in [-0.1, -0.05) is 35.5 Å². The van der Waals surface area contributed by atoms with Crippen molar-refractivity contribution in [3.05, 3.63) is 75.0 Å². The van der Waals surface area contributed by atoms with E-state index in [0.717, 1.165) is 23.9 Å². The molecule has 1 heterocycles. The lowest BCUT2D eigenvalue weighted by molar-refractivity contribution is -0.137. The smallest absolute Gasteiger partial charge is 0.325 e. The number of thioether (sulfide) groups is 1. The van der Waals surface area contributed by atoms with E-state index in [-0.39, 0.29) is 34.4 Å². The second kappa shape index (κ2) is 9.63. The van der Waals surface area contributed by atoms with Gasteiger partial charge < -0.3 is 10.6 Å². The Morgan fingerprint density at radius 3 is 2.56 bits per heavy atom. The van der Waals surface area contributed by atoms with Gasteiger partial charge in [0.05, 0.1) is 33.0 Å². The molecule has 0 radical (unpaired) electrons. The summed E-state index contributed by atoms with van der Waals surface area (Å²) in [7, 11) is 0. The number of benzene rings is 2. The first kappa shape index (κ1) is 23.6. The fourth-order valence-electron chi connectivity index (χ4n) is 3.07. The van der Waals surface area contributed by atoms with Crippen LogP contribution in [0.5, 0.6) is 0 Å². The molecule has 0 unspecified atom stereocenters. The van der Waals surface area contributed by atoms with Gasteiger partial charge in [0.1, 0.15) is 5.82 Å². The topological polar surface area (TPSA) is 82.0 Å². The minimum absolute atomic E-state index is 0.0181. The van der Waals surface area contributed by atoms with Gasteiger partial charge in [0.15, 0.2) is 0 Å². The van der Waals surface area contributed by atoms with E-state index in [0.29, 0.717) is 5.56 Å².